The van der Waals surface area contributed by atoms with Crippen LogP contribution in [0, 0.1) is 0 Å². The first-order chi connectivity index (χ1) is 13.3. The third kappa shape index (κ3) is 5.94. The second-order valence-electron chi connectivity index (χ2n) is 7.06. The van der Waals surface area contributed by atoms with Gasteiger partial charge in [-0.15, -0.1) is 0 Å². The van der Waals surface area contributed by atoms with Gasteiger partial charge in [0, 0.05) is 12.0 Å². The molecule has 3 N–H and O–H groups in total. The van der Waals surface area contributed by atoms with Crippen LogP contribution in [0.2, 0.25) is 0 Å². The Balaban J connectivity index is 2.18. The Bertz CT molecular complexity index is 816. The summed E-state index contributed by atoms with van der Waals surface area (Å²) in [6.45, 7) is 5.57. The maximum absolute atomic E-state index is 12.6. The van der Waals surface area contributed by atoms with Crippen LogP contribution in [0.15, 0.2) is 54.6 Å². The van der Waals surface area contributed by atoms with Crippen LogP contribution in [0.1, 0.15) is 48.2 Å². The molecule has 0 aromatic heterocycles. The maximum atomic E-state index is 12.6. The van der Waals surface area contributed by atoms with E-state index in [4.69, 9.17) is 5.11 Å². The van der Waals surface area contributed by atoms with Gasteiger partial charge in [0.2, 0.25) is 5.91 Å². The number of nitrogens with one attached hydrogen (secondary N) is 2. The second-order valence-corrected chi connectivity index (χ2v) is 7.06. The summed E-state index contributed by atoms with van der Waals surface area (Å²) in [7, 11) is 0. The lowest BCUT2D eigenvalue weighted by molar-refractivity contribution is -0.141. The van der Waals surface area contributed by atoms with Crippen molar-refractivity contribution in [2.75, 3.05) is 0 Å². The van der Waals surface area contributed by atoms with Crippen molar-refractivity contribution in [1.82, 2.24) is 10.6 Å². The first kappa shape index (κ1) is 21.2. The summed E-state index contributed by atoms with van der Waals surface area (Å²) in [5, 5.41) is 14.2. The van der Waals surface area contributed by atoms with E-state index < -0.39 is 24.0 Å². The molecule has 148 valence electrons. The lowest BCUT2D eigenvalue weighted by Gasteiger charge is -2.20. The molecule has 2 rings (SSSR count). The summed E-state index contributed by atoms with van der Waals surface area (Å²) >= 11 is 0. The number of carboxylic acid groups (broad SMARTS) is 1. The van der Waals surface area contributed by atoms with Crippen molar-refractivity contribution in [3.8, 4) is 0 Å². The van der Waals surface area contributed by atoms with Crippen molar-refractivity contribution >= 4 is 17.8 Å². The number of amides is 2. The number of hydrogen-bond acceptors (Lipinski definition) is 3. The Hall–Kier alpha value is -3.15. The molecule has 2 amide bonds. The van der Waals surface area contributed by atoms with Crippen LogP contribution < -0.4 is 10.6 Å². The Kier molecular flexibility index (Phi) is 7.32. The standard InChI is InChI=1S/C22H26N2O4/c1-14(2)17-11-9-16(10-12-17)13-19(21(26)23-15(3)22(27)28)24-20(25)18-7-5-4-6-8-18/h4-12,14-15,19H,13H2,1-3H3,(H,23,26)(H,24,25)(H,27,28). The average molecular weight is 382 g/mol. The van der Waals surface area contributed by atoms with Crippen LogP contribution in [0.5, 0.6) is 0 Å². The summed E-state index contributed by atoms with van der Waals surface area (Å²) in [4.78, 5) is 36.2. The number of aliphatic carboxylic acids is 1. The minimum absolute atomic E-state index is 0.259. The van der Waals surface area contributed by atoms with Gasteiger partial charge in [0.25, 0.3) is 5.91 Å². The maximum Gasteiger partial charge on any atom is 0.325 e. The van der Waals surface area contributed by atoms with E-state index in [1.165, 1.54) is 12.5 Å². The first-order valence-corrected chi connectivity index (χ1v) is 9.26. The number of hydrogen-bond donors (Lipinski definition) is 3. The quantitative estimate of drug-likeness (QED) is 0.654. The van der Waals surface area contributed by atoms with Gasteiger partial charge in [0.05, 0.1) is 0 Å². The molecule has 0 radical (unpaired) electrons. The number of carbonyl (C=O) groups is 3. The number of rotatable bonds is 8. The van der Waals surface area contributed by atoms with Crippen LogP contribution in [0.3, 0.4) is 0 Å². The molecular weight excluding hydrogens is 356 g/mol. The summed E-state index contributed by atoms with van der Waals surface area (Å²) in [6, 6.07) is 14.5. The van der Waals surface area contributed by atoms with E-state index in [-0.39, 0.29) is 12.3 Å². The van der Waals surface area contributed by atoms with E-state index in [2.05, 4.69) is 24.5 Å². The Morgan fingerprint density at radius 2 is 1.50 bits per heavy atom. The molecule has 6 nitrogen and oxygen atoms in total. The molecule has 0 bridgehead atoms. The predicted molar refractivity (Wildman–Crippen MR) is 107 cm³/mol. The SMILES string of the molecule is CC(NC(=O)C(Cc1ccc(C(C)C)cc1)NC(=O)c1ccccc1)C(=O)O. The van der Waals surface area contributed by atoms with Gasteiger partial charge in [-0.1, -0.05) is 56.3 Å². The largest absolute Gasteiger partial charge is 0.480 e. The highest BCUT2D eigenvalue weighted by molar-refractivity contribution is 5.98. The molecule has 28 heavy (non-hydrogen) atoms. The van der Waals surface area contributed by atoms with Gasteiger partial charge in [-0.2, -0.15) is 0 Å². The number of carboxylic acids is 1. The molecule has 0 heterocycles. The molecule has 0 saturated carbocycles. The third-order valence-corrected chi connectivity index (χ3v) is 4.47. The van der Waals surface area contributed by atoms with Crippen LogP contribution in [0.25, 0.3) is 0 Å². The topological polar surface area (TPSA) is 95.5 Å². The molecule has 2 unspecified atom stereocenters. The zero-order valence-corrected chi connectivity index (χ0v) is 16.3. The number of carbonyl (C=O) groups excluding carboxylic acids is 2. The highest BCUT2D eigenvalue weighted by Crippen LogP contribution is 2.16. The Labute approximate surface area is 165 Å². The highest BCUT2D eigenvalue weighted by Gasteiger charge is 2.25. The third-order valence-electron chi connectivity index (χ3n) is 4.47. The van der Waals surface area contributed by atoms with Crippen molar-refractivity contribution < 1.29 is 19.5 Å². The van der Waals surface area contributed by atoms with Gasteiger partial charge in [0.15, 0.2) is 0 Å². The second kappa shape index (κ2) is 9.69. The number of benzene rings is 2. The van der Waals surface area contributed by atoms with E-state index in [9.17, 15) is 14.4 Å². The minimum Gasteiger partial charge on any atom is -0.480 e. The zero-order valence-electron chi connectivity index (χ0n) is 16.3. The van der Waals surface area contributed by atoms with E-state index >= 15 is 0 Å². The lowest BCUT2D eigenvalue weighted by Crippen LogP contribution is -2.51. The molecule has 2 aromatic carbocycles. The first-order valence-electron chi connectivity index (χ1n) is 9.26. The van der Waals surface area contributed by atoms with E-state index in [0.717, 1.165) is 5.56 Å². The molecular formula is C22H26N2O4. The van der Waals surface area contributed by atoms with Gasteiger partial charge in [-0.05, 0) is 36.1 Å². The van der Waals surface area contributed by atoms with Crippen molar-refractivity contribution in [1.29, 1.82) is 0 Å². The summed E-state index contributed by atoms with van der Waals surface area (Å²) in [6.07, 6.45) is 0.259. The van der Waals surface area contributed by atoms with Crippen LogP contribution in [0.4, 0.5) is 0 Å². The fourth-order valence-electron chi connectivity index (χ4n) is 2.69. The summed E-state index contributed by atoms with van der Waals surface area (Å²) in [5.41, 5.74) is 2.49. The van der Waals surface area contributed by atoms with Crippen molar-refractivity contribution in [2.24, 2.45) is 0 Å². The molecule has 2 aromatic rings. The summed E-state index contributed by atoms with van der Waals surface area (Å²) < 4.78 is 0. The van der Waals surface area contributed by atoms with E-state index in [0.29, 0.717) is 11.5 Å². The molecule has 0 fully saturated rings. The van der Waals surface area contributed by atoms with Crippen molar-refractivity contribution in [2.45, 2.75) is 45.2 Å². The molecule has 0 saturated heterocycles. The fourth-order valence-corrected chi connectivity index (χ4v) is 2.69. The van der Waals surface area contributed by atoms with E-state index in [1.54, 1.807) is 30.3 Å². The normalized spacial score (nSPS) is 12.9. The van der Waals surface area contributed by atoms with Gasteiger partial charge in [-0.3, -0.25) is 14.4 Å². The van der Waals surface area contributed by atoms with Gasteiger partial charge < -0.3 is 15.7 Å². The van der Waals surface area contributed by atoms with E-state index in [1.807, 2.05) is 24.3 Å². The Morgan fingerprint density at radius 1 is 0.893 bits per heavy atom. The highest BCUT2D eigenvalue weighted by atomic mass is 16.4. The summed E-state index contributed by atoms with van der Waals surface area (Å²) in [5.74, 6) is -1.67. The molecule has 0 aliphatic carbocycles. The molecule has 0 spiro atoms. The lowest BCUT2D eigenvalue weighted by atomic mass is 9.98. The van der Waals surface area contributed by atoms with Crippen LogP contribution in [-0.2, 0) is 16.0 Å². The van der Waals surface area contributed by atoms with Crippen molar-refractivity contribution in [3.05, 3.63) is 71.3 Å². The van der Waals surface area contributed by atoms with Gasteiger partial charge in [0.1, 0.15) is 12.1 Å². The van der Waals surface area contributed by atoms with Gasteiger partial charge in [-0.25, -0.2) is 0 Å². The zero-order chi connectivity index (χ0) is 20.7. The van der Waals surface area contributed by atoms with Gasteiger partial charge >= 0.3 is 5.97 Å². The molecule has 2 atom stereocenters. The average Bonchev–Trinajstić information content (AvgIpc) is 2.68. The molecule has 0 aliphatic rings. The molecule has 0 aliphatic heterocycles. The minimum atomic E-state index is -1.14. The predicted octanol–water partition coefficient (Wildman–Crippen LogP) is 2.74. The molecule has 6 heteroatoms. The monoisotopic (exact) mass is 382 g/mol. The van der Waals surface area contributed by atoms with Crippen LogP contribution >= 0.6 is 0 Å². The van der Waals surface area contributed by atoms with Crippen molar-refractivity contribution in [3.63, 3.8) is 0 Å². The smallest absolute Gasteiger partial charge is 0.325 e. The fraction of sp³-hybridized carbons (Fsp3) is 0.318. The van der Waals surface area contributed by atoms with Crippen LogP contribution in [-0.4, -0.2) is 35.0 Å². The Morgan fingerprint density at radius 3 is 2.04 bits per heavy atom.